The molecule has 0 amide bonds. The molecule has 14 nitrogen and oxygen atoms in total. The van der Waals surface area contributed by atoms with E-state index in [9.17, 15) is 40.2 Å². The van der Waals surface area contributed by atoms with E-state index in [0.29, 0.717) is 12.0 Å². The highest BCUT2D eigenvalue weighted by Gasteiger charge is 2.84. The number of carbonyl (C=O) groups is 2. The molecule has 38 heavy (non-hydrogen) atoms. The number of tetrazole rings is 1. The summed E-state index contributed by atoms with van der Waals surface area (Å²) >= 11 is 0. The van der Waals surface area contributed by atoms with Gasteiger partial charge in [-0.3, -0.25) is 0 Å². The number of ether oxygens (including phenoxy) is 2. The Balaban J connectivity index is 1.64. The monoisotopic (exact) mass is 534 g/mol. The molecule has 0 radical (unpaired) electrons. The minimum atomic E-state index is -3.47. The van der Waals surface area contributed by atoms with Gasteiger partial charge < -0.3 is 40.1 Å². The van der Waals surface area contributed by atoms with Gasteiger partial charge in [0.1, 0.15) is 12.2 Å². The van der Waals surface area contributed by atoms with E-state index in [1.54, 1.807) is 0 Å². The van der Waals surface area contributed by atoms with Crippen molar-refractivity contribution in [3.05, 3.63) is 53.9 Å². The normalized spacial score (nSPS) is 34.0. The summed E-state index contributed by atoms with van der Waals surface area (Å²) in [7, 11) is 1.35. The average molecular weight is 535 g/mol. The molecular formula is C24H30N4O10. The number of carboxylic acid groups (broad SMARTS) is 2. The highest BCUT2D eigenvalue weighted by molar-refractivity contribution is 5.93. The summed E-state index contributed by atoms with van der Waals surface area (Å²) in [4.78, 5) is 25.7. The zero-order chi connectivity index (χ0) is 28.0. The van der Waals surface area contributed by atoms with Crippen molar-refractivity contribution in [1.29, 1.82) is 0 Å². The molecule has 0 unspecified atom stereocenters. The quantitative estimate of drug-likeness (QED) is 0.201. The maximum atomic E-state index is 12.4. The minimum absolute atomic E-state index is 0.0775. The predicted molar refractivity (Wildman–Crippen MR) is 125 cm³/mol. The Morgan fingerprint density at radius 2 is 1.82 bits per heavy atom. The Bertz CT molecular complexity index is 1220. The number of fused-ring (bicyclic) bond motifs is 2. The maximum absolute atomic E-state index is 12.4. The van der Waals surface area contributed by atoms with Gasteiger partial charge in [0, 0.05) is 6.42 Å². The van der Waals surface area contributed by atoms with Gasteiger partial charge >= 0.3 is 11.9 Å². The fourth-order valence-corrected chi connectivity index (χ4v) is 5.22. The van der Waals surface area contributed by atoms with Gasteiger partial charge in [0.05, 0.1) is 13.2 Å². The topological polar surface area (TPSA) is 218 Å². The fraction of sp³-hybridized carbons (Fsp3) is 0.542. The first-order valence-electron chi connectivity index (χ1n) is 11.9. The van der Waals surface area contributed by atoms with E-state index >= 15 is 0 Å². The SMILES string of the molecule is C=C(CC[C@]12O[C@H](c3nnn(C)n3)[C@@](O)(C(=O)O)[C@](C(=O)O)(O1)[C@H](O)[C@H]2O)[C@@H](O)[C@H](C)Cc1ccccc1. The molecule has 206 valence electrons. The van der Waals surface area contributed by atoms with E-state index in [4.69, 9.17) is 9.47 Å². The predicted octanol–water partition coefficient (Wildman–Crippen LogP) is -1.06. The molecular weight excluding hydrogens is 504 g/mol. The standard InChI is InChI=1S/C24H30N4O10/c1-12(15(29)13(2)11-14-7-5-4-6-8-14)9-10-22-16(30)17(31)24(38-22,21(34)35)23(36,20(32)33)18(37-22)19-25-27-28(3)26-19/h4-8,13,15-18,29-31,36H,1,9-11H2,2-3H3,(H,32,33)(H,34,35)/t13-,15-,16-,17-,18-,22+,23-,24+/m1/s1. The fourth-order valence-electron chi connectivity index (χ4n) is 5.22. The highest BCUT2D eigenvalue weighted by Crippen LogP contribution is 2.58. The van der Waals surface area contributed by atoms with E-state index < -0.39 is 59.2 Å². The minimum Gasteiger partial charge on any atom is -0.479 e. The lowest BCUT2D eigenvalue weighted by atomic mass is 9.74. The highest BCUT2D eigenvalue weighted by atomic mass is 16.8. The summed E-state index contributed by atoms with van der Waals surface area (Å²) in [5.41, 5.74) is -5.43. The molecule has 14 heteroatoms. The summed E-state index contributed by atoms with van der Waals surface area (Å²) in [5.74, 6) is -7.26. The number of aliphatic hydroxyl groups is 4. The van der Waals surface area contributed by atoms with E-state index in [1.165, 1.54) is 7.05 Å². The number of benzene rings is 1. The Labute approximate surface area is 216 Å². The molecule has 4 rings (SSSR count). The van der Waals surface area contributed by atoms with Crippen LogP contribution in [0.5, 0.6) is 0 Å². The molecule has 0 aliphatic carbocycles. The van der Waals surface area contributed by atoms with Crippen molar-refractivity contribution in [2.24, 2.45) is 13.0 Å². The molecule has 0 saturated carbocycles. The van der Waals surface area contributed by atoms with Crippen LogP contribution in [0.15, 0.2) is 42.5 Å². The number of rotatable bonds is 10. The molecule has 8 atom stereocenters. The maximum Gasteiger partial charge on any atom is 0.342 e. The van der Waals surface area contributed by atoms with Gasteiger partial charge in [-0.25, -0.2) is 9.59 Å². The van der Waals surface area contributed by atoms with Gasteiger partial charge in [-0.15, -0.1) is 10.2 Å². The second-order valence-corrected chi connectivity index (χ2v) is 9.82. The number of carboxylic acids is 2. The first kappa shape index (κ1) is 27.8. The van der Waals surface area contributed by atoms with E-state index in [2.05, 4.69) is 22.0 Å². The van der Waals surface area contributed by atoms with Crippen LogP contribution in [0.2, 0.25) is 0 Å². The van der Waals surface area contributed by atoms with Gasteiger partial charge in [-0.1, -0.05) is 43.8 Å². The molecule has 2 aliphatic rings. The van der Waals surface area contributed by atoms with Crippen molar-refractivity contribution < 1.29 is 49.7 Å². The van der Waals surface area contributed by atoms with Crippen LogP contribution in [0, 0.1) is 5.92 Å². The van der Waals surface area contributed by atoms with E-state index in [-0.39, 0.29) is 18.8 Å². The second kappa shape index (κ2) is 9.80. The lowest BCUT2D eigenvalue weighted by Crippen LogP contribution is -2.74. The van der Waals surface area contributed by atoms with Crippen LogP contribution < -0.4 is 0 Å². The van der Waals surface area contributed by atoms with Gasteiger partial charge in [0.25, 0.3) is 0 Å². The number of hydrogen-bond donors (Lipinski definition) is 6. The number of aliphatic carboxylic acids is 2. The summed E-state index contributed by atoms with van der Waals surface area (Å²) in [5, 5.41) is 75.0. The number of aryl methyl sites for hydroxylation is 1. The molecule has 1 aromatic carbocycles. The van der Waals surface area contributed by atoms with Crippen LogP contribution in [0.3, 0.4) is 0 Å². The summed E-state index contributed by atoms with van der Waals surface area (Å²) in [6, 6.07) is 9.47. The summed E-state index contributed by atoms with van der Waals surface area (Å²) in [6.45, 7) is 5.73. The number of aromatic nitrogens is 4. The lowest BCUT2D eigenvalue weighted by Gasteiger charge is -2.49. The van der Waals surface area contributed by atoms with Crippen molar-refractivity contribution in [3.63, 3.8) is 0 Å². The molecule has 2 fully saturated rings. The first-order valence-corrected chi connectivity index (χ1v) is 11.9. The molecule has 6 N–H and O–H groups in total. The molecule has 2 aromatic rings. The van der Waals surface area contributed by atoms with Gasteiger partial charge in [-0.2, -0.15) is 4.80 Å². The molecule has 2 bridgehead atoms. The molecule has 0 spiro atoms. The van der Waals surface area contributed by atoms with Gasteiger partial charge in [-0.05, 0) is 35.1 Å². The number of aliphatic hydroxyl groups excluding tert-OH is 3. The van der Waals surface area contributed by atoms with Crippen molar-refractivity contribution in [3.8, 4) is 0 Å². The Kier molecular flexibility index (Phi) is 7.16. The zero-order valence-electron chi connectivity index (χ0n) is 20.7. The molecule has 2 saturated heterocycles. The summed E-state index contributed by atoms with van der Waals surface area (Å²) in [6.07, 6.45) is -7.56. The van der Waals surface area contributed by atoms with Crippen LogP contribution in [-0.4, -0.2) is 98.1 Å². The van der Waals surface area contributed by atoms with Crippen molar-refractivity contribution in [2.45, 2.75) is 67.6 Å². The number of nitrogens with zero attached hydrogens (tertiary/aromatic N) is 4. The molecule has 1 aromatic heterocycles. The van der Waals surface area contributed by atoms with Crippen LogP contribution in [0.4, 0.5) is 0 Å². The van der Waals surface area contributed by atoms with Crippen molar-refractivity contribution >= 4 is 11.9 Å². The van der Waals surface area contributed by atoms with Crippen LogP contribution in [0.25, 0.3) is 0 Å². The van der Waals surface area contributed by atoms with E-state index in [0.717, 1.165) is 10.4 Å². The largest absolute Gasteiger partial charge is 0.479 e. The van der Waals surface area contributed by atoms with Crippen LogP contribution in [-0.2, 0) is 32.5 Å². The second-order valence-electron chi connectivity index (χ2n) is 9.82. The molecule has 3 heterocycles. The Morgan fingerprint density at radius 3 is 2.37 bits per heavy atom. The van der Waals surface area contributed by atoms with Crippen molar-refractivity contribution in [2.75, 3.05) is 0 Å². The third-order valence-electron chi connectivity index (χ3n) is 7.32. The first-order chi connectivity index (χ1) is 17.8. The van der Waals surface area contributed by atoms with Gasteiger partial charge in [0.2, 0.25) is 17.0 Å². The van der Waals surface area contributed by atoms with Crippen LogP contribution in [0.1, 0.15) is 37.3 Å². The Hall–Kier alpha value is -3.27. The number of hydrogen-bond acceptors (Lipinski definition) is 11. The van der Waals surface area contributed by atoms with Gasteiger partial charge in [0.15, 0.2) is 11.9 Å². The third kappa shape index (κ3) is 4.09. The summed E-state index contributed by atoms with van der Waals surface area (Å²) < 4.78 is 11.3. The molecule has 2 aliphatic heterocycles. The smallest absolute Gasteiger partial charge is 0.342 e. The Morgan fingerprint density at radius 1 is 1.16 bits per heavy atom. The third-order valence-corrected chi connectivity index (χ3v) is 7.32. The van der Waals surface area contributed by atoms with Crippen LogP contribution >= 0.6 is 0 Å². The average Bonchev–Trinajstić information content (AvgIpc) is 3.39. The zero-order valence-corrected chi connectivity index (χ0v) is 20.7. The van der Waals surface area contributed by atoms with E-state index in [1.807, 2.05) is 37.3 Å². The lowest BCUT2D eigenvalue weighted by molar-refractivity contribution is -0.383. The van der Waals surface area contributed by atoms with Crippen molar-refractivity contribution in [1.82, 2.24) is 20.2 Å².